The number of hydrogen-bond acceptors (Lipinski definition) is 7. The fraction of sp³-hybridized carbons (Fsp3) is 0.550. The molecule has 1 aromatic carbocycles. The topological polar surface area (TPSA) is 101 Å². The molecule has 8 nitrogen and oxygen atoms in total. The molecule has 2 rings (SSSR count). The number of nitrogens with zero attached hydrogens (tertiary/aromatic N) is 2. The van der Waals surface area contributed by atoms with Gasteiger partial charge in [0.25, 0.3) is 5.91 Å². The van der Waals surface area contributed by atoms with Crippen LogP contribution >= 0.6 is 11.8 Å². The number of hydrogen-bond donors (Lipinski definition) is 1. The summed E-state index contributed by atoms with van der Waals surface area (Å²) in [5, 5.41) is 12.0. The molecule has 0 saturated carbocycles. The minimum atomic E-state index is -0.956. The van der Waals surface area contributed by atoms with Crippen molar-refractivity contribution < 1.29 is 23.8 Å². The van der Waals surface area contributed by atoms with E-state index in [2.05, 4.69) is 5.32 Å². The maximum atomic E-state index is 12.6. The van der Waals surface area contributed by atoms with Gasteiger partial charge in [-0.15, -0.1) is 0 Å². The lowest BCUT2D eigenvalue weighted by atomic mass is 10.2. The van der Waals surface area contributed by atoms with Crippen molar-refractivity contribution in [3.8, 4) is 6.07 Å². The van der Waals surface area contributed by atoms with Crippen LogP contribution in [0.25, 0.3) is 0 Å². The third kappa shape index (κ3) is 8.31. The predicted octanol–water partition coefficient (Wildman–Crippen LogP) is 1.80. The highest BCUT2D eigenvalue weighted by molar-refractivity contribution is 7.98. The Bertz CT molecular complexity index is 676. The molecule has 0 spiro atoms. The first kappa shape index (κ1) is 23.0. The van der Waals surface area contributed by atoms with Crippen LogP contribution in [-0.4, -0.2) is 74.0 Å². The first-order chi connectivity index (χ1) is 14.1. The molecule has 1 saturated heterocycles. The van der Waals surface area contributed by atoms with Gasteiger partial charge in [-0.1, -0.05) is 30.3 Å². The average Bonchev–Trinajstić information content (AvgIpc) is 2.76. The summed E-state index contributed by atoms with van der Waals surface area (Å²) < 4.78 is 16.2. The van der Waals surface area contributed by atoms with Gasteiger partial charge in [-0.2, -0.15) is 17.0 Å². The van der Waals surface area contributed by atoms with Crippen LogP contribution in [0, 0.1) is 11.3 Å². The van der Waals surface area contributed by atoms with Crippen LogP contribution in [0.1, 0.15) is 12.0 Å². The van der Waals surface area contributed by atoms with Gasteiger partial charge in [0, 0.05) is 19.5 Å². The van der Waals surface area contributed by atoms with Crippen LogP contribution in [0.2, 0.25) is 0 Å². The Balaban J connectivity index is 1.85. The second-order valence-electron chi connectivity index (χ2n) is 6.44. The molecule has 0 aromatic heterocycles. The first-order valence-corrected chi connectivity index (χ1v) is 10.9. The van der Waals surface area contributed by atoms with Crippen molar-refractivity contribution in [2.24, 2.45) is 0 Å². The predicted molar refractivity (Wildman–Crippen MR) is 109 cm³/mol. The SMILES string of the molecule is CSCC[C@H](OC(=O)N1CCOCC1)C(=O)N[C@H](C#N)COCc1ccccc1. The van der Waals surface area contributed by atoms with Crippen molar-refractivity contribution >= 4 is 23.8 Å². The molecule has 1 aliphatic rings. The van der Waals surface area contributed by atoms with Crippen LogP contribution in [0.5, 0.6) is 0 Å². The van der Waals surface area contributed by atoms with Gasteiger partial charge in [-0.25, -0.2) is 4.79 Å². The summed E-state index contributed by atoms with van der Waals surface area (Å²) in [6, 6.07) is 10.7. The largest absolute Gasteiger partial charge is 0.436 e. The molecule has 1 N–H and O–H groups in total. The van der Waals surface area contributed by atoms with Gasteiger partial charge < -0.3 is 24.4 Å². The normalized spacial score (nSPS) is 15.8. The molecule has 1 aliphatic heterocycles. The number of thioether (sulfide) groups is 1. The van der Waals surface area contributed by atoms with Gasteiger partial charge in [0.2, 0.25) is 0 Å². The summed E-state index contributed by atoms with van der Waals surface area (Å²) in [6.07, 6.45) is 0.784. The minimum absolute atomic E-state index is 0.0454. The van der Waals surface area contributed by atoms with Gasteiger partial charge in [0.05, 0.1) is 32.5 Å². The number of nitriles is 1. The van der Waals surface area contributed by atoms with Crippen LogP contribution in [0.4, 0.5) is 4.79 Å². The zero-order valence-electron chi connectivity index (χ0n) is 16.5. The Morgan fingerprint density at radius 2 is 2.03 bits per heavy atom. The fourth-order valence-electron chi connectivity index (χ4n) is 2.66. The Kier molecular flexibility index (Phi) is 10.3. The number of carbonyl (C=O) groups excluding carboxylic acids is 2. The number of carbonyl (C=O) groups is 2. The van der Waals surface area contributed by atoms with Crippen LogP contribution < -0.4 is 5.32 Å². The summed E-state index contributed by atoms with van der Waals surface area (Å²) in [7, 11) is 0. The summed E-state index contributed by atoms with van der Waals surface area (Å²) in [5.41, 5.74) is 0.979. The molecule has 9 heteroatoms. The number of rotatable bonds is 10. The standard InChI is InChI=1S/C20H27N3O5S/c1-29-12-7-18(28-20(25)23-8-10-26-11-9-23)19(24)22-17(13-21)15-27-14-16-5-3-2-4-6-16/h2-6,17-18H,7-12,14-15H2,1H3,(H,22,24)/t17-,18+/m1/s1. The highest BCUT2D eigenvalue weighted by Crippen LogP contribution is 2.10. The Hall–Kier alpha value is -2.28. The zero-order chi connectivity index (χ0) is 20.9. The molecule has 2 atom stereocenters. The van der Waals surface area contributed by atoms with Crippen molar-refractivity contribution in [2.45, 2.75) is 25.2 Å². The van der Waals surface area contributed by atoms with E-state index in [4.69, 9.17) is 14.2 Å². The summed E-state index contributed by atoms with van der Waals surface area (Å²) in [5.74, 6) is 0.159. The van der Waals surface area contributed by atoms with E-state index in [-0.39, 0.29) is 6.61 Å². The van der Waals surface area contributed by atoms with Crippen LogP contribution in [0.15, 0.2) is 30.3 Å². The van der Waals surface area contributed by atoms with Crippen molar-refractivity contribution in [2.75, 3.05) is 44.9 Å². The molecular formula is C20H27N3O5S. The molecule has 1 fully saturated rings. The Morgan fingerprint density at radius 3 is 2.69 bits per heavy atom. The Morgan fingerprint density at radius 1 is 1.31 bits per heavy atom. The van der Waals surface area contributed by atoms with E-state index < -0.39 is 24.1 Å². The van der Waals surface area contributed by atoms with Crippen molar-refractivity contribution in [3.05, 3.63) is 35.9 Å². The van der Waals surface area contributed by atoms with Gasteiger partial charge in [0.15, 0.2) is 6.10 Å². The van der Waals surface area contributed by atoms with E-state index in [1.807, 2.05) is 42.7 Å². The second kappa shape index (κ2) is 13.0. The first-order valence-electron chi connectivity index (χ1n) is 9.48. The molecule has 0 bridgehead atoms. The maximum Gasteiger partial charge on any atom is 0.410 e. The van der Waals surface area contributed by atoms with Gasteiger partial charge in [-0.05, 0) is 17.6 Å². The van der Waals surface area contributed by atoms with E-state index in [1.54, 1.807) is 11.8 Å². The summed E-state index contributed by atoms with van der Waals surface area (Å²) in [4.78, 5) is 26.5. The number of morpholine rings is 1. The zero-order valence-corrected chi connectivity index (χ0v) is 17.4. The molecule has 0 radical (unpaired) electrons. The number of ether oxygens (including phenoxy) is 3. The summed E-state index contributed by atoms with van der Waals surface area (Å²) in [6.45, 7) is 2.16. The van der Waals surface area contributed by atoms with Crippen molar-refractivity contribution in [3.63, 3.8) is 0 Å². The quantitative estimate of drug-likeness (QED) is 0.615. The minimum Gasteiger partial charge on any atom is -0.436 e. The monoisotopic (exact) mass is 421 g/mol. The maximum absolute atomic E-state index is 12.6. The lowest BCUT2D eigenvalue weighted by Gasteiger charge is -2.28. The van der Waals surface area contributed by atoms with E-state index in [9.17, 15) is 14.9 Å². The van der Waals surface area contributed by atoms with Crippen molar-refractivity contribution in [1.82, 2.24) is 10.2 Å². The molecule has 0 unspecified atom stereocenters. The summed E-state index contributed by atoms with van der Waals surface area (Å²) >= 11 is 1.55. The molecule has 1 aromatic rings. The highest BCUT2D eigenvalue weighted by Gasteiger charge is 2.28. The van der Waals surface area contributed by atoms with Crippen LogP contribution in [0.3, 0.4) is 0 Å². The van der Waals surface area contributed by atoms with E-state index in [0.29, 0.717) is 45.1 Å². The van der Waals surface area contributed by atoms with Gasteiger partial charge in [0.1, 0.15) is 6.04 Å². The lowest BCUT2D eigenvalue weighted by molar-refractivity contribution is -0.131. The third-order valence-corrected chi connectivity index (χ3v) is 4.90. The average molecular weight is 422 g/mol. The van der Waals surface area contributed by atoms with Gasteiger partial charge in [-0.3, -0.25) is 4.79 Å². The molecule has 0 aliphatic carbocycles. The van der Waals surface area contributed by atoms with Gasteiger partial charge >= 0.3 is 6.09 Å². The number of benzene rings is 1. The second-order valence-corrected chi connectivity index (χ2v) is 7.43. The smallest absolute Gasteiger partial charge is 0.410 e. The molecule has 29 heavy (non-hydrogen) atoms. The molecule has 2 amide bonds. The lowest BCUT2D eigenvalue weighted by Crippen LogP contribution is -2.48. The van der Waals surface area contributed by atoms with Crippen LogP contribution in [-0.2, 0) is 25.6 Å². The van der Waals surface area contributed by atoms with Crippen molar-refractivity contribution in [1.29, 1.82) is 5.26 Å². The third-order valence-electron chi connectivity index (χ3n) is 4.26. The van der Waals surface area contributed by atoms with E-state index in [1.165, 1.54) is 4.90 Å². The van der Waals surface area contributed by atoms with E-state index >= 15 is 0 Å². The number of amides is 2. The highest BCUT2D eigenvalue weighted by atomic mass is 32.2. The molecular weight excluding hydrogens is 394 g/mol. The van der Waals surface area contributed by atoms with E-state index in [0.717, 1.165) is 5.56 Å². The molecule has 1 heterocycles. The molecule has 158 valence electrons. The fourth-order valence-corrected chi connectivity index (χ4v) is 3.11. The Labute approximate surface area is 175 Å². The number of nitrogens with one attached hydrogen (secondary N) is 1.